The molecule has 0 saturated carbocycles. The number of hydrogen-bond donors (Lipinski definition) is 0. The normalized spacial score (nSPS) is 10.4. The Morgan fingerprint density at radius 3 is 2.69 bits per heavy atom. The smallest absolute Gasteiger partial charge is 0.258 e. The number of rotatable bonds is 2. The Balaban J connectivity index is 2.67. The van der Waals surface area contributed by atoms with Gasteiger partial charge in [-0.2, -0.15) is 5.10 Å². The summed E-state index contributed by atoms with van der Waals surface area (Å²) in [6, 6.07) is 4.92. The van der Waals surface area contributed by atoms with Crippen LogP contribution in [0.2, 0.25) is 0 Å². The minimum absolute atomic E-state index is 0.0323. The van der Waals surface area contributed by atoms with Gasteiger partial charge in [-0.3, -0.25) is 10.1 Å². The highest BCUT2D eigenvalue weighted by atomic mass is 16.6. The van der Waals surface area contributed by atoms with Crippen molar-refractivity contribution in [3.05, 3.63) is 46.0 Å². The average molecular weight is 218 g/mol. The van der Waals surface area contributed by atoms with E-state index in [-0.39, 0.29) is 5.69 Å². The number of aromatic nitrogens is 3. The maximum Gasteiger partial charge on any atom is 0.295 e. The van der Waals surface area contributed by atoms with Gasteiger partial charge in [0.25, 0.3) is 5.69 Å². The summed E-state index contributed by atoms with van der Waals surface area (Å²) in [7, 11) is 0. The Morgan fingerprint density at radius 2 is 2.12 bits per heavy atom. The lowest BCUT2D eigenvalue weighted by Crippen LogP contribution is -2.03. The topological polar surface area (TPSA) is 73.8 Å². The van der Waals surface area contributed by atoms with Gasteiger partial charge in [0.05, 0.1) is 4.92 Å². The van der Waals surface area contributed by atoms with E-state index in [1.165, 1.54) is 17.1 Å². The molecule has 0 spiro atoms. The first-order valence-electron chi connectivity index (χ1n) is 4.72. The zero-order valence-electron chi connectivity index (χ0n) is 8.91. The van der Waals surface area contributed by atoms with Crippen LogP contribution in [0, 0.1) is 24.0 Å². The molecular weight excluding hydrogens is 208 g/mol. The number of aryl methyl sites for hydroxylation is 2. The molecule has 2 rings (SSSR count). The molecule has 0 aliphatic heterocycles. The molecule has 0 saturated heterocycles. The van der Waals surface area contributed by atoms with Crippen LogP contribution in [-0.2, 0) is 0 Å². The van der Waals surface area contributed by atoms with E-state index in [1.807, 2.05) is 0 Å². The Labute approximate surface area is 91.7 Å². The number of nitrogens with zero attached hydrogens (tertiary/aromatic N) is 4. The van der Waals surface area contributed by atoms with Crippen molar-refractivity contribution in [3.63, 3.8) is 0 Å². The first-order valence-corrected chi connectivity index (χ1v) is 4.72. The highest BCUT2D eigenvalue weighted by molar-refractivity contribution is 5.56. The van der Waals surface area contributed by atoms with Gasteiger partial charge in [-0.15, -0.1) is 0 Å². The first-order chi connectivity index (χ1) is 7.59. The summed E-state index contributed by atoms with van der Waals surface area (Å²) >= 11 is 0. The van der Waals surface area contributed by atoms with Crippen LogP contribution in [0.3, 0.4) is 0 Å². The van der Waals surface area contributed by atoms with Gasteiger partial charge in [0.15, 0.2) is 0 Å². The van der Waals surface area contributed by atoms with E-state index in [9.17, 15) is 10.1 Å². The lowest BCUT2D eigenvalue weighted by molar-refractivity contribution is -0.384. The van der Waals surface area contributed by atoms with E-state index >= 15 is 0 Å². The van der Waals surface area contributed by atoms with Crippen LogP contribution in [0.4, 0.5) is 5.69 Å². The minimum atomic E-state index is -0.417. The average Bonchev–Trinajstić information content (AvgIpc) is 2.64. The molecule has 82 valence electrons. The van der Waals surface area contributed by atoms with E-state index in [0.717, 1.165) is 5.56 Å². The molecule has 1 heterocycles. The molecule has 6 heteroatoms. The van der Waals surface area contributed by atoms with Crippen molar-refractivity contribution < 1.29 is 4.92 Å². The lowest BCUT2D eigenvalue weighted by Gasteiger charge is -2.05. The van der Waals surface area contributed by atoms with Crippen molar-refractivity contribution in [1.29, 1.82) is 0 Å². The molecule has 0 unspecified atom stereocenters. The van der Waals surface area contributed by atoms with E-state index in [4.69, 9.17) is 0 Å². The van der Waals surface area contributed by atoms with E-state index < -0.39 is 4.92 Å². The zero-order chi connectivity index (χ0) is 11.7. The summed E-state index contributed by atoms with van der Waals surface area (Å²) in [4.78, 5) is 14.4. The molecular formula is C10H10N4O2. The maximum absolute atomic E-state index is 10.9. The molecule has 6 nitrogen and oxygen atoms in total. The Morgan fingerprint density at radius 1 is 1.38 bits per heavy atom. The molecule has 0 atom stereocenters. The molecule has 1 aromatic carbocycles. The van der Waals surface area contributed by atoms with E-state index in [0.29, 0.717) is 11.5 Å². The second kappa shape index (κ2) is 3.73. The van der Waals surface area contributed by atoms with Gasteiger partial charge in [0.2, 0.25) is 0 Å². The molecule has 0 bridgehead atoms. The Bertz CT molecular complexity index is 548. The van der Waals surface area contributed by atoms with Crippen molar-refractivity contribution in [2.24, 2.45) is 0 Å². The highest BCUT2D eigenvalue weighted by Gasteiger charge is 2.17. The number of benzene rings is 1. The number of para-hydroxylation sites is 1. The van der Waals surface area contributed by atoms with Crippen LogP contribution < -0.4 is 0 Å². The van der Waals surface area contributed by atoms with Crippen LogP contribution in [0.15, 0.2) is 24.5 Å². The molecule has 2 aromatic rings. The number of nitro benzene ring substituents is 1. The standard InChI is InChI=1S/C10H10N4O2/c1-7-4-3-5-9(14(15)16)10(7)13-6-11-8(2)12-13/h3-6H,1-2H3. The van der Waals surface area contributed by atoms with Crippen LogP contribution in [0.5, 0.6) is 0 Å². The summed E-state index contributed by atoms with van der Waals surface area (Å²) in [5, 5.41) is 15.0. The summed E-state index contributed by atoms with van der Waals surface area (Å²) in [5.41, 5.74) is 1.29. The van der Waals surface area contributed by atoms with Crippen LogP contribution in [0.1, 0.15) is 11.4 Å². The van der Waals surface area contributed by atoms with E-state index in [2.05, 4.69) is 10.1 Å². The van der Waals surface area contributed by atoms with Crippen molar-refractivity contribution >= 4 is 5.69 Å². The Kier molecular flexibility index (Phi) is 2.40. The summed E-state index contributed by atoms with van der Waals surface area (Å²) in [6.45, 7) is 3.54. The lowest BCUT2D eigenvalue weighted by atomic mass is 10.2. The van der Waals surface area contributed by atoms with Crippen LogP contribution in [0.25, 0.3) is 5.69 Å². The van der Waals surface area contributed by atoms with Gasteiger partial charge in [-0.1, -0.05) is 12.1 Å². The van der Waals surface area contributed by atoms with Crippen molar-refractivity contribution in [2.75, 3.05) is 0 Å². The molecule has 0 aliphatic carbocycles. The first kappa shape index (κ1) is 10.3. The van der Waals surface area contributed by atoms with Gasteiger partial charge in [0, 0.05) is 6.07 Å². The summed E-state index contributed by atoms with van der Waals surface area (Å²) in [5.74, 6) is 0.581. The summed E-state index contributed by atoms with van der Waals surface area (Å²) < 4.78 is 1.43. The number of hydrogen-bond acceptors (Lipinski definition) is 4. The molecule has 0 aliphatic rings. The molecule has 0 N–H and O–H groups in total. The fourth-order valence-electron chi connectivity index (χ4n) is 1.54. The zero-order valence-corrected chi connectivity index (χ0v) is 8.91. The minimum Gasteiger partial charge on any atom is -0.258 e. The fraction of sp³-hybridized carbons (Fsp3) is 0.200. The van der Waals surface area contributed by atoms with Crippen molar-refractivity contribution in [1.82, 2.24) is 14.8 Å². The third-order valence-corrected chi connectivity index (χ3v) is 2.25. The highest BCUT2D eigenvalue weighted by Crippen LogP contribution is 2.25. The quantitative estimate of drug-likeness (QED) is 0.569. The van der Waals surface area contributed by atoms with Gasteiger partial charge in [-0.05, 0) is 19.4 Å². The third kappa shape index (κ3) is 1.65. The number of nitro groups is 1. The van der Waals surface area contributed by atoms with Gasteiger partial charge < -0.3 is 0 Å². The molecule has 0 fully saturated rings. The Hall–Kier alpha value is -2.24. The largest absolute Gasteiger partial charge is 0.295 e. The van der Waals surface area contributed by atoms with E-state index in [1.54, 1.807) is 26.0 Å². The maximum atomic E-state index is 10.9. The fourth-order valence-corrected chi connectivity index (χ4v) is 1.54. The molecule has 0 amide bonds. The van der Waals surface area contributed by atoms with Gasteiger partial charge in [0.1, 0.15) is 17.8 Å². The van der Waals surface area contributed by atoms with Gasteiger partial charge >= 0.3 is 0 Å². The van der Waals surface area contributed by atoms with Crippen LogP contribution >= 0.6 is 0 Å². The van der Waals surface area contributed by atoms with Gasteiger partial charge in [-0.25, -0.2) is 9.67 Å². The SMILES string of the molecule is Cc1ncn(-c2c(C)cccc2[N+](=O)[O-])n1. The summed E-state index contributed by atoms with van der Waals surface area (Å²) in [6.07, 6.45) is 1.48. The molecule has 16 heavy (non-hydrogen) atoms. The second-order valence-corrected chi connectivity index (χ2v) is 3.44. The third-order valence-electron chi connectivity index (χ3n) is 2.25. The molecule has 1 aromatic heterocycles. The molecule has 0 radical (unpaired) electrons. The monoisotopic (exact) mass is 218 g/mol. The van der Waals surface area contributed by atoms with Crippen molar-refractivity contribution in [3.8, 4) is 5.69 Å². The predicted molar refractivity (Wildman–Crippen MR) is 57.5 cm³/mol. The van der Waals surface area contributed by atoms with Crippen molar-refractivity contribution in [2.45, 2.75) is 13.8 Å². The van der Waals surface area contributed by atoms with Crippen LogP contribution in [-0.4, -0.2) is 19.7 Å². The second-order valence-electron chi connectivity index (χ2n) is 3.44. The predicted octanol–water partition coefficient (Wildman–Crippen LogP) is 1.79.